The lowest BCUT2D eigenvalue weighted by atomic mass is 10.1. The second-order valence-electron chi connectivity index (χ2n) is 5.29. The lowest BCUT2D eigenvalue weighted by Gasteiger charge is -2.15. The number of carbonyl (C=O) groups excluding carboxylic acids is 1. The maximum Gasteiger partial charge on any atom is 0.327 e. The highest BCUT2D eigenvalue weighted by atomic mass is 16.6. The van der Waals surface area contributed by atoms with Gasteiger partial charge in [-0.3, -0.25) is 9.59 Å². The predicted octanol–water partition coefficient (Wildman–Crippen LogP) is -3.44. The molecule has 1 aliphatic rings. The number of aromatic nitrogens is 6. The highest BCUT2D eigenvalue weighted by molar-refractivity contribution is 5.73. The summed E-state index contributed by atoms with van der Waals surface area (Å²) in [5.74, 6) is -0.620. The first-order valence-corrected chi connectivity index (χ1v) is 7.44. The summed E-state index contributed by atoms with van der Waals surface area (Å²) in [4.78, 5) is 24.3. The summed E-state index contributed by atoms with van der Waals surface area (Å²) < 4.78 is 11.8. The zero-order chi connectivity index (χ0) is 18.1. The van der Waals surface area contributed by atoms with Crippen molar-refractivity contribution in [2.75, 3.05) is 13.2 Å². The zero-order valence-corrected chi connectivity index (χ0v) is 13.1. The fraction of sp³-hybridized carbons (Fsp3) is 0.667. The number of aliphatic hydroxyl groups is 3. The van der Waals surface area contributed by atoms with Crippen LogP contribution in [0.1, 0.15) is 13.2 Å². The first-order chi connectivity index (χ1) is 12.0. The van der Waals surface area contributed by atoms with Crippen LogP contribution in [0.25, 0.3) is 11.2 Å². The summed E-state index contributed by atoms with van der Waals surface area (Å²) in [5, 5.41) is 43.6. The highest BCUT2D eigenvalue weighted by Crippen LogP contribution is 2.27. The highest BCUT2D eigenvalue weighted by Gasteiger charge is 2.44. The smallest absolute Gasteiger partial charge is 0.327 e. The molecule has 2 aromatic heterocycles. The molecule has 0 bridgehead atoms. The zero-order valence-electron chi connectivity index (χ0n) is 13.1. The van der Waals surface area contributed by atoms with Gasteiger partial charge in [0, 0.05) is 0 Å². The monoisotopic (exact) mass is 356 g/mol. The lowest BCUT2D eigenvalue weighted by molar-refractivity contribution is -0.143. The summed E-state index contributed by atoms with van der Waals surface area (Å²) >= 11 is 0. The Labute approximate surface area is 139 Å². The third-order valence-corrected chi connectivity index (χ3v) is 3.71. The molecule has 0 aliphatic carbocycles. The number of carbonyl (C=O) groups is 1. The fourth-order valence-corrected chi connectivity index (χ4v) is 2.51. The lowest BCUT2D eigenvalue weighted by Crippen LogP contribution is -2.37. The van der Waals surface area contributed by atoms with E-state index in [0.29, 0.717) is 4.68 Å². The molecule has 1 fully saturated rings. The number of ether oxygens (including phenoxy) is 2. The quantitative estimate of drug-likeness (QED) is 0.454. The maximum atomic E-state index is 12.7. The van der Waals surface area contributed by atoms with E-state index in [-0.39, 0.29) is 24.3 Å². The number of hydrogen-bond donors (Lipinski definition) is 3. The Kier molecular flexibility index (Phi) is 4.71. The largest absolute Gasteiger partial charge is 0.465 e. The second-order valence-corrected chi connectivity index (χ2v) is 5.29. The van der Waals surface area contributed by atoms with Gasteiger partial charge in [0.05, 0.1) is 13.2 Å². The molecule has 0 radical (unpaired) electrons. The van der Waals surface area contributed by atoms with Crippen LogP contribution < -0.4 is 5.56 Å². The molecule has 3 heterocycles. The van der Waals surface area contributed by atoms with Gasteiger partial charge in [-0.25, -0.2) is 4.68 Å². The van der Waals surface area contributed by atoms with Crippen molar-refractivity contribution in [2.24, 2.45) is 0 Å². The van der Waals surface area contributed by atoms with Crippen molar-refractivity contribution in [1.29, 1.82) is 0 Å². The van der Waals surface area contributed by atoms with Gasteiger partial charge >= 0.3 is 5.97 Å². The third kappa shape index (κ3) is 2.97. The van der Waals surface area contributed by atoms with E-state index in [0.717, 1.165) is 4.68 Å². The summed E-state index contributed by atoms with van der Waals surface area (Å²) in [6.07, 6.45) is -5.34. The average molecular weight is 356 g/mol. The molecule has 1 aliphatic heterocycles. The standard InChI is InChI=1S/C12H16N6O7/c1-2-24-6(20)3-17-7-10(13-15-17)14-16-18(11(7)23)12-9(22)8(21)5(4-19)25-12/h5,8-9,12,19,21-22H,2-4H2,1H3. The van der Waals surface area contributed by atoms with Crippen LogP contribution in [0.2, 0.25) is 0 Å². The topological polar surface area (TPSA) is 175 Å². The molecule has 25 heavy (non-hydrogen) atoms. The SMILES string of the molecule is CCOC(=O)Cn1nnc2nnn(C3OC(CO)C(O)C3O)c(=O)c21. The molecule has 0 amide bonds. The first kappa shape index (κ1) is 17.3. The molecule has 2 aromatic rings. The van der Waals surface area contributed by atoms with Crippen molar-refractivity contribution >= 4 is 17.1 Å². The van der Waals surface area contributed by atoms with Gasteiger partial charge < -0.3 is 24.8 Å². The molecule has 4 atom stereocenters. The van der Waals surface area contributed by atoms with E-state index in [4.69, 9.17) is 14.6 Å². The van der Waals surface area contributed by atoms with Crippen molar-refractivity contribution in [3.8, 4) is 0 Å². The van der Waals surface area contributed by atoms with Crippen LogP contribution in [0.4, 0.5) is 0 Å². The number of hydrogen-bond acceptors (Lipinski definition) is 11. The molecule has 3 N–H and O–H groups in total. The minimum atomic E-state index is -1.50. The molecule has 0 spiro atoms. The number of nitrogens with zero attached hydrogens (tertiary/aromatic N) is 6. The number of esters is 1. The molecule has 13 heteroatoms. The number of rotatable bonds is 5. The Morgan fingerprint density at radius 3 is 2.64 bits per heavy atom. The summed E-state index contributed by atoms with van der Waals surface area (Å²) in [7, 11) is 0. The van der Waals surface area contributed by atoms with Crippen LogP contribution in [-0.4, -0.2) is 82.8 Å². The molecule has 3 rings (SSSR count). The van der Waals surface area contributed by atoms with E-state index in [1.807, 2.05) is 0 Å². The van der Waals surface area contributed by atoms with E-state index in [9.17, 15) is 19.8 Å². The third-order valence-electron chi connectivity index (χ3n) is 3.71. The molecular formula is C12H16N6O7. The van der Waals surface area contributed by atoms with Crippen LogP contribution >= 0.6 is 0 Å². The molecule has 4 unspecified atom stereocenters. The van der Waals surface area contributed by atoms with Gasteiger partial charge in [0.15, 0.2) is 11.7 Å². The summed E-state index contributed by atoms with van der Waals surface area (Å²) in [5.41, 5.74) is -1.02. The number of fused-ring (bicyclic) bond motifs is 1. The van der Waals surface area contributed by atoms with Gasteiger partial charge in [-0.2, -0.15) is 4.68 Å². The number of aliphatic hydroxyl groups excluding tert-OH is 3. The molecule has 136 valence electrons. The van der Waals surface area contributed by atoms with Crippen LogP contribution in [0.5, 0.6) is 0 Å². The van der Waals surface area contributed by atoms with Crippen molar-refractivity contribution in [1.82, 2.24) is 30.0 Å². The molecule has 13 nitrogen and oxygen atoms in total. The first-order valence-electron chi connectivity index (χ1n) is 7.44. The Balaban J connectivity index is 2.00. The van der Waals surface area contributed by atoms with Gasteiger partial charge in [0.25, 0.3) is 5.56 Å². The van der Waals surface area contributed by atoms with Crippen LogP contribution in [-0.2, 0) is 20.8 Å². The molecule has 0 aromatic carbocycles. The van der Waals surface area contributed by atoms with Crippen LogP contribution in [0.3, 0.4) is 0 Å². The van der Waals surface area contributed by atoms with Crippen molar-refractivity contribution < 1.29 is 29.6 Å². The van der Waals surface area contributed by atoms with E-state index in [2.05, 4.69) is 20.6 Å². The second kappa shape index (κ2) is 6.79. The minimum absolute atomic E-state index is 0.0997. The van der Waals surface area contributed by atoms with Gasteiger partial charge in [0.2, 0.25) is 5.65 Å². The van der Waals surface area contributed by atoms with Gasteiger partial charge in [-0.15, -0.1) is 10.2 Å². The van der Waals surface area contributed by atoms with E-state index in [1.54, 1.807) is 6.92 Å². The van der Waals surface area contributed by atoms with Crippen molar-refractivity contribution in [2.45, 2.75) is 38.0 Å². The van der Waals surface area contributed by atoms with Crippen molar-refractivity contribution in [3.05, 3.63) is 10.4 Å². The van der Waals surface area contributed by atoms with Gasteiger partial charge in [0.1, 0.15) is 24.9 Å². The fourth-order valence-electron chi connectivity index (χ4n) is 2.51. The van der Waals surface area contributed by atoms with Crippen molar-refractivity contribution in [3.63, 3.8) is 0 Å². The Bertz CT molecular complexity index is 835. The summed E-state index contributed by atoms with van der Waals surface area (Å²) in [6.45, 7) is 0.887. The molecule has 0 saturated carbocycles. The van der Waals surface area contributed by atoms with Crippen LogP contribution in [0, 0.1) is 0 Å². The van der Waals surface area contributed by atoms with Gasteiger partial charge in [-0.05, 0) is 6.92 Å². The van der Waals surface area contributed by atoms with Gasteiger partial charge in [-0.1, -0.05) is 10.4 Å². The normalized spacial score (nSPS) is 26.2. The maximum absolute atomic E-state index is 12.7. The van der Waals surface area contributed by atoms with E-state index in [1.165, 1.54) is 0 Å². The predicted molar refractivity (Wildman–Crippen MR) is 77.0 cm³/mol. The van der Waals surface area contributed by atoms with E-state index >= 15 is 0 Å². The Morgan fingerprint density at radius 2 is 2.00 bits per heavy atom. The average Bonchev–Trinajstić information content (AvgIpc) is 3.11. The summed E-state index contributed by atoms with van der Waals surface area (Å²) in [6, 6.07) is 0. The minimum Gasteiger partial charge on any atom is -0.465 e. The molecule has 1 saturated heterocycles. The van der Waals surface area contributed by atoms with E-state index < -0.39 is 42.7 Å². The van der Waals surface area contributed by atoms with Crippen LogP contribution in [0.15, 0.2) is 4.79 Å². The Morgan fingerprint density at radius 1 is 1.28 bits per heavy atom. The molecular weight excluding hydrogens is 340 g/mol. The Hall–Kier alpha value is -2.48.